The zero-order chi connectivity index (χ0) is 12.1. The highest BCUT2D eigenvalue weighted by molar-refractivity contribution is 7.93. The summed E-state index contributed by atoms with van der Waals surface area (Å²) in [5, 5.41) is 0. The van der Waals surface area contributed by atoms with E-state index < -0.39 is 9.73 Å². The highest BCUT2D eigenvalue weighted by atomic mass is 32.2. The third-order valence-corrected chi connectivity index (χ3v) is 4.88. The zero-order valence-corrected chi connectivity index (χ0v) is 10.6. The number of hydrogen-bond donors (Lipinski definition) is 0. The SMILES string of the molecule is CCN=S(=O)(c1ccccc1)c1ccccc1. The molecule has 2 rings (SSSR count). The quantitative estimate of drug-likeness (QED) is 0.812. The minimum Gasteiger partial charge on any atom is -0.240 e. The molecule has 0 radical (unpaired) electrons. The van der Waals surface area contributed by atoms with Gasteiger partial charge in [-0.2, -0.15) is 0 Å². The number of benzene rings is 2. The molecule has 0 heterocycles. The monoisotopic (exact) mass is 245 g/mol. The Labute approximate surface area is 102 Å². The van der Waals surface area contributed by atoms with E-state index in [-0.39, 0.29) is 0 Å². The molecular formula is C14H15NOS. The molecule has 2 aromatic rings. The fourth-order valence-corrected chi connectivity index (χ4v) is 3.66. The van der Waals surface area contributed by atoms with Gasteiger partial charge < -0.3 is 0 Å². The van der Waals surface area contributed by atoms with Gasteiger partial charge in [0.05, 0.1) is 9.79 Å². The van der Waals surface area contributed by atoms with Crippen molar-refractivity contribution in [2.24, 2.45) is 4.36 Å². The maximum absolute atomic E-state index is 13.0. The Morgan fingerprint density at radius 2 is 1.29 bits per heavy atom. The fourth-order valence-electron chi connectivity index (χ4n) is 1.68. The molecule has 0 atom stereocenters. The van der Waals surface area contributed by atoms with Crippen LogP contribution in [0, 0.1) is 0 Å². The van der Waals surface area contributed by atoms with E-state index in [1.165, 1.54) is 0 Å². The molecule has 0 aliphatic rings. The predicted molar refractivity (Wildman–Crippen MR) is 70.5 cm³/mol. The number of rotatable bonds is 3. The van der Waals surface area contributed by atoms with Crippen LogP contribution in [0.25, 0.3) is 0 Å². The van der Waals surface area contributed by atoms with E-state index in [0.29, 0.717) is 6.54 Å². The summed E-state index contributed by atoms with van der Waals surface area (Å²) in [6.07, 6.45) is 0. The van der Waals surface area contributed by atoms with Gasteiger partial charge >= 0.3 is 0 Å². The molecule has 0 N–H and O–H groups in total. The summed E-state index contributed by atoms with van der Waals surface area (Å²) >= 11 is 0. The Kier molecular flexibility index (Phi) is 3.59. The summed E-state index contributed by atoms with van der Waals surface area (Å²) in [5.41, 5.74) is 0. The van der Waals surface area contributed by atoms with E-state index in [0.717, 1.165) is 9.79 Å². The van der Waals surface area contributed by atoms with Gasteiger partial charge in [0.25, 0.3) is 0 Å². The van der Waals surface area contributed by atoms with Crippen molar-refractivity contribution in [1.29, 1.82) is 0 Å². The maximum atomic E-state index is 13.0. The molecule has 0 bridgehead atoms. The van der Waals surface area contributed by atoms with Crippen LogP contribution in [0.1, 0.15) is 6.92 Å². The summed E-state index contributed by atoms with van der Waals surface area (Å²) in [5.74, 6) is 0. The van der Waals surface area contributed by atoms with Gasteiger partial charge in [-0.15, -0.1) is 0 Å². The first-order valence-electron chi connectivity index (χ1n) is 5.60. The molecule has 0 aliphatic carbocycles. The summed E-state index contributed by atoms with van der Waals surface area (Å²) in [7, 11) is -2.47. The van der Waals surface area contributed by atoms with Gasteiger partial charge in [0.15, 0.2) is 0 Å². The lowest BCUT2D eigenvalue weighted by atomic mass is 10.4. The van der Waals surface area contributed by atoms with Crippen molar-refractivity contribution in [2.45, 2.75) is 16.7 Å². The van der Waals surface area contributed by atoms with Crippen molar-refractivity contribution in [3.63, 3.8) is 0 Å². The topological polar surface area (TPSA) is 29.4 Å². The molecule has 0 aromatic heterocycles. The second kappa shape index (κ2) is 5.15. The largest absolute Gasteiger partial charge is 0.240 e. The average Bonchev–Trinajstić information content (AvgIpc) is 2.41. The molecule has 0 amide bonds. The van der Waals surface area contributed by atoms with Crippen molar-refractivity contribution in [3.05, 3.63) is 60.7 Å². The van der Waals surface area contributed by atoms with Crippen molar-refractivity contribution in [1.82, 2.24) is 0 Å². The molecule has 0 fully saturated rings. The number of hydrogen-bond acceptors (Lipinski definition) is 2. The summed E-state index contributed by atoms with van der Waals surface area (Å²) < 4.78 is 17.3. The van der Waals surface area contributed by atoms with E-state index >= 15 is 0 Å². The summed E-state index contributed by atoms with van der Waals surface area (Å²) in [6.45, 7) is 2.45. The van der Waals surface area contributed by atoms with E-state index in [1.807, 2.05) is 67.6 Å². The lowest BCUT2D eigenvalue weighted by Crippen LogP contribution is -2.02. The van der Waals surface area contributed by atoms with Gasteiger partial charge in [0.1, 0.15) is 9.73 Å². The first-order valence-corrected chi connectivity index (χ1v) is 7.12. The molecule has 0 saturated heterocycles. The smallest absolute Gasteiger partial charge is 0.104 e. The van der Waals surface area contributed by atoms with Gasteiger partial charge in [-0.25, -0.2) is 8.57 Å². The molecule has 17 heavy (non-hydrogen) atoms. The van der Waals surface area contributed by atoms with Crippen LogP contribution < -0.4 is 0 Å². The summed E-state index contributed by atoms with van der Waals surface area (Å²) in [4.78, 5) is 1.54. The Balaban J connectivity index is 2.65. The average molecular weight is 245 g/mol. The van der Waals surface area contributed by atoms with Gasteiger partial charge in [-0.1, -0.05) is 36.4 Å². The summed E-state index contributed by atoms with van der Waals surface area (Å²) in [6, 6.07) is 18.9. The van der Waals surface area contributed by atoms with Gasteiger partial charge in [-0.05, 0) is 31.2 Å². The van der Waals surface area contributed by atoms with Crippen molar-refractivity contribution in [2.75, 3.05) is 6.54 Å². The molecule has 0 aliphatic heterocycles. The molecule has 2 aromatic carbocycles. The second-order valence-corrected chi connectivity index (χ2v) is 5.85. The molecule has 0 unspecified atom stereocenters. The third-order valence-electron chi connectivity index (χ3n) is 2.44. The van der Waals surface area contributed by atoms with Crippen LogP contribution in [0.5, 0.6) is 0 Å². The van der Waals surface area contributed by atoms with Crippen LogP contribution in [0.15, 0.2) is 74.8 Å². The Hall–Kier alpha value is -1.61. The highest BCUT2D eigenvalue weighted by Gasteiger charge is 2.13. The molecule has 88 valence electrons. The molecule has 3 heteroatoms. The molecule has 2 nitrogen and oxygen atoms in total. The Morgan fingerprint density at radius 3 is 1.65 bits per heavy atom. The fraction of sp³-hybridized carbons (Fsp3) is 0.143. The van der Waals surface area contributed by atoms with Crippen LogP contribution in [0.2, 0.25) is 0 Å². The minimum absolute atomic E-state index is 0.544. The van der Waals surface area contributed by atoms with E-state index in [9.17, 15) is 4.21 Å². The van der Waals surface area contributed by atoms with E-state index in [2.05, 4.69) is 4.36 Å². The molecule has 0 saturated carbocycles. The minimum atomic E-state index is -2.47. The number of nitrogens with zero attached hydrogens (tertiary/aromatic N) is 1. The standard InChI is InChI=1S/C14H15NOS/c1-2-15-17(16,13-9-5-3-6-10-13)14-11-7-4-8-12-14/h3-12H,2H2,1H3. The van der Waals surface area contributed by atoms with Crippen LogP contribution >= 0.6 is 0 Å². The first kappa shape index (κ1) is 11.9. The van der Waals surface area contributed by atoms with Crippen LogP contribution in [-0.2, 0) is 9.73 Å². The second-order valence-electron chi connectivity index (χ2n) is 3.60. The van der Waals surface area contributed by atoms with E-state index in [4.69, 9.17) is 0 Å². The lowest BCUT2D eigenvalue weighted by Gasteiger charge is -2.10. The first-order chi connectivity index (χ1) is 8.27. The van der Waals surface area contributed by atoms with Crippen LogP contribution in [0.4, 0.5) is 0 Å². The molecule has 0 spiro atoms. The van der Waals surface area contributed by atoms with E-state index in [1.54, 1.807) is 0 Å². The predicted octanol–water partition coefficient (Wildman–Crippen LogP) is 3.59. The van der Waals surface area contributed by atoms with Crippen LogP contribution in [0.3, 0.4) is 0 Å². The van der Waals surface area contributed by atoms with Gasteiger partial charge in [-0.3, -0.25) is 0 Å². The van der Waals surface area contributed by atoms with Crippen molar-refractivity contribution >= 4 is 9.73 Å². The normalized spacial score (nSPS) is 11.1. The Morgan fingerprint density at radius 1 is 0.882 bits per heavy atom. The highest BCUT2D eigenvalue weighted by Crippen LogP contribution is 2.22. The van der Waals surface area contributed by atoms with Crippen LogP contribution in [-0.4, -0.2) is 10.8 Å². The maximum Gasteiger partial charge on any atom is 0.104 e. The van der Waals surface area contributed by atoms with Crippen molar-refractivity contribution < 1.29 is 4.21 Å². The van der Waals surface area contributed by atoms with Gasteiger partial charge in [0, 0.05) is 6.54 Å². The zero-order valence-electron chi connectivity index (χ0n) is 9.74. The lowest BCUT2D eigenvalue weighted by molar-refractivity contribution is 0.675. The van der Waals surface area contributed by atoms with Gasteiger partial charge in [0.2, 0.25) is 0 Å². The van der Waals surface area contributed by atoms with Crippen molar-refractivity contribution in [3.8, 4) is 0 Å². The Bertz CT molecular complexity index is 539. The third kappa shape index (κ3) is 2.39. The molecular weight excluding hydrogens is 230 g/mol.